The second-order valence-corrected chi connectivity index (χ2v) is 3.36. The molecular weight excluding hydrogens is 140 g/mol. The highest BCUT2D eigenvalue weighted by Crippen LogP contribution is 2.20. The topological polar surface area (TPSA) is 29.5 Å². The van der Waals surface area contributed by atoms with E-state index >= 15 is 0 Å². The molecule has 0 aromatic rings. The van der Waals surface area contributed by atoms with E-state index in [9.17, 15) is 5.11 Å². The van der Waals surface area contributed by atoms with Crippen LogP contribution in [0, 0.1) is 5.92 Å². The van der Waals surface area contributed by atoms with Crippen LogP contribution in [0.5, 0.6) is 0 Å². The normalized spacial score (nSPS) is 30.7. The molecule has 11 heavy (non-hydrogen) atoms. The van der Waals surface area contributed by atoms with Crippen LogP contribution in [-0.2, 0) is 4.74 Å². The minimum Gasteiger partial charge on any atom is -0.390 e. The molecule has 0 saturated carbocycles. The van der Waals surface area contributed by atoms with Crippen molar-refractivity contribution in [2.45, 2.75) is 25.9 Å². The minimum atomic E-state index is -0.241. The molecule has 1 aliphatic rings. The van der Waals surface area contributed by atoms with Crippen LogP contribution < -0.4 is 0 Å². The van der Waals surface area contributed by atoms with E-state index in [1.165, 1.54) is 5.57 Å². The van der Waals surface area contributed by atoms with Crippen LogP contribution in [0.2, 0.25) is 0 Å². The molecule has 1 rings (SSSR count). The van der Waals surface area contributed by atoms with Gasteiger partial charge in [0.2, 0.25) is 0 Å². The van der Waals surface area contributed by atoms with Crippen LogP contribution in [0.25, 0.3) is 0 Å². The maximum atomic E-state index is 9.35. The number of rotatable bonds is 3. The quantitative estimate of drug-likeness (QED) is 0.625. The Bertz CT molecular complexity index is 142. The Kier molecular flexibility index (Phi) is 3.09. The standard InChI is InChI=1S/C9H16O2/c1-7(2)3-4-8-5-11-6-9(8)10/h8-10H,1,3-6H2,2H3/t8-,9-/m1/s1. The molecule has 2 atom stereocenters. The summed E-state index contributed by atoms with van der Waals surface area (Å²) in [5.41, 5.74) is 1.18. The van der Waals surface area contributed by atoms with Crippen molar-refractivity contribution in [1.82, 2.24) is 0 Å². The molecule has 1 N–H and O–H groups in total. The highest BCUT2D eigenvalue weighted by Gasteiger charge is 2.25. The second-order valence-electron chi connectivity index (χ2n) is 3.36. The molecule has 0 aromatic carbocycles. The SMILES string of the molecule is C=C(C)CC[C@@H]1COC[C@H]1O. The van der Waals surface area contributed by atoms with Crippen LogP contribution >= 0.6 is 0 Å². The smallest absolute Gasteiger partial charge is 0.0823 e. The summed E-state index contributed by atoms with van der Waals surface area (Å²) in [6.45, 7) is 7.07. The monoisotopic (exact) mass is 156 g/mol. The van der Waals surface area contributed by atoms with Gasteiger partial charge in [0.1, 0.15) is 0 Å². The molecule has 1 saturated heterocycles. The van der Waals surface area contributed by atoms with E-state index < -0.39 is 0 Å². The molecular formula is C9H16O2. The molecule has 0 radical (unpaired) electrons. The van der Waals surface area contributed by atoms with Gasteiger partial charge in [0.25, 0.3) is 0 Å². The summed E-state index contributed by atoms with van der Waals surface area (Å²) >= 11 is 0. The third-order valence-electron chi connectivity index (χ3n) is 2.11. The summed E-state index contributed by atoms with van der Waals surface area (Å²) in [5.74, 6) is 0.340. The maximum absolute atomic E-state index is 9.35. The van der Waals surface area contributed by atoms with Gasteiger partial charge in [0, 0.05) is 5.92 Å². The highest BCUT2D eigenvalue weighted by molar-refractivity contribution is 4.89. The van der Waals surface area contributed by atoms with Crippen molar-refractivity contribution in [3.05, 3.63) is 12.2 Å². The van der Waals surface area contributed by atoms with E-state index in [0.717, 1.165) is 12.8 Å². The Morgan fingerprint density at radius 1 is 1.64 bits per heavy atom. The van der Waals surface area contributed by atoms with Gasteiger partial charge in [-0.05, 0) is 19.8 Å². The number of ether oxygens (including phenoxy) is 1. The van der Waals surface area contributed by atoms with Gasteiger partial charge < -0.3 is 9.84 Å². The van der Waals surface area contributed by atoms with Crippen LogP contribution in [-0.4, -0.2) is 24.4 Å². The Morgan fingerprint density at radius 2 is 2.36 bits per heavy atom. The molecule has 0 aliphatic carbocycles. The van der Waals surface area contributed by atoms with E-state index in [2.05, 4.69) is 6.58 Å². The van der Waals surface area contributed by atoms with Gasteiger partial charge in [-0.2, -0.15) is 0 Å². The van der Waals surface area contributed by atoms with Gasteiger partial charge in [-0.15, -0.1) is 6.58 Å². The molecule has 0 unspecified atom stereocenters. The summed E-state index contributed by atoms with van der Waals surface area (Å²) in [7, 11) is 0. The first kappa shape index (κ1) is 8.75. The molecule has 0 bridgehead atoms. The van der Waals surface area contributed by atoms with Gasteiger partial charge in [-0.3, -0.25) is 0 Å². The summed E-state index contributed by atoms with van der Waals surface area (Å²) in [6, 6.07) is 0. The largest absolute Gasteiger partial charge is 0.390 e. The fraction of sp³-hybridized carbons (Fsp3) is 0.778. The molecule has 1 heterocycles. The number of allylic oxidation sites excluding steroid dienone is 1. The van der Waals surface area contributed by atoms with Gasteiger partial charge >= 0.3 is 0 Å². The molecule has 1 fully saturated rings. The Labute approximate surface area is 67.9 Å². The highest BCUT2D eigenvalue weighted by atomic mass is 16.5. The minimum absolute atomic E-state index is 0.241. The van der Waals surface area contributed by atoms with E-state index in [1.54, 1.807) is 0 Å². The van der Waals surface area contributed by atoms with Crippen molar-refractivity contribution < 1.29 is 9.84 Å². The van der Waals surface area contributed by atoms with E-state index in [0.29, 0.717) is 19.1 Å². The van der Waals surface area contributed by atoms with Crippen molar-refractivity contribution in [1.29, 1.82) is 0 Å². The second kappa shape index (κ2) is 3.88. The Balaban J connectivity index is 2.20. The lowest BCUT2D eigenvalue weighted by molar-refractivity contribution is 0.117. The summed E-state index contributed by atoms with van der Waals surface area (Å²) in [5, 5.41) is 9.35. The fourth-order valence-corrected chi connectivity index (χ4v) is 1.29. The Hall–Kier alpha value is -0.340. The van der Waals surface area contributed by atoms with Crippen LogP contribution in [0.3, 0.4) is 0 Å². The molecule has 0 amide bonds. The first-order chi connectivity index (χ1) is 5.20. The zero-order valence-corrected chi connectivity index (χ0v) is 7.05. The van der Waals surface area contributed by atoms with Gasteiger partial charge in [-0.25, -0.2) is 0 Å². The van der Waals surface area contributed by atoms with Crippen LogP contribution in [0.4, 0.5) is 0 Å². The molecule has 0 aromatic heterocycles. The van der Waals surface area contributed by atoms with Crippen molar-refractivity contribution in [3.8, 4) is 0 Å². The number of hydrogen-bond donors (Lipinski definition) is 1. The molecule has 64 valence electrons. The molecule has 2 nitrogen and oxygen atoms in total. The Morgan fingerprint density at radius 3 is 2.82 bits per heavy atom. The van der Waals surface area contributed by atoms with Gasteiger partial charge in [0.15, 0.2) is 0 Å². The average Bonchev–Trinajstić information content (AvgIpc) is 2.31. The average molecular weight is 156 g/mol. The first-order valence-electron chi connectivity index (χ1n) is 4.10. The molecule has 2 heteroatoms. The van der Waals surface area contributed by atoms with E-state index in [1.807, 2.05) is 6.92 Å². The van der Waals surface area contributed by atoms with Crippen LogP contribution in [0.15, 0.2) is 12.2 Å². The van der Waals surface area contributed by atoms with E-state index in [4.69, 9.17) is 4.74 Å². The summed E-state index contributed by atoms with van der Waals surface area (Å²) in [4.78, 5) is 0. The van der Waals surface area contributed by atoms with Crippen molar-refractivity contribution in [2.75, 3.05) is 13.2 Å². The number of aliphatic hydroxyl groups excluding tert-OH is 1. The first-order valence-corrected chi connectivity index (χ1v) is 4.10. The van der Waals surface area contributed by atoms with Crippen molar-refractivity contribution >= 4 is 0 Å². The predicted octanol–water partition coefficient (Wildman–Crippen LogP) is 1.35. The fourth-order valence-electron chi connectivity index (χ4n) is 1.29. The third-order valence-corrected chi connectivity index (χ3v) is 2.11. The molecule has 1 aliphatic heterocycles. The zero-order chi connectivity index (χ0) is 8.27. The van der Waals surface area contributed by atoms with Crippen molar-refractivity contribution in [2.24, 2.45) is 5.92 Å². The lowest BCUT2D eigenvalue weighted by atomic mass is 9.98. The number of hydrogen-bond acceptors (Lipinski definition) is 2. The zero-order valence-electron chi connectivity index (χ0n) is 7.05. The van der Waals surface area contributed by atoms with Crippen molar-refractivity contribution in [3.63, 3.8) is 0 Å². The lowest BCUT2D eigenvalue weighted by Gasteiger charge is -2.10. The van der Waals surface area contributed by atoms with Crippen LogP contribution in [0.1, 0.15) is 19.8 Å². The van der Waals surface area contributed by atoms with Gasteiger partial charge in [-0.1, -0.05) is 5.57 Å². The number of aliphatic hydroxyl groups is 1. The van der Waals surface area contributed by atoms with E-state index in [-0.39, 0.29) is 6.10 Å². The third kappa shape index (κ3) is 2.64. The maximum Gasteiger partial charge on any atom is 0.0823 e. The lowest BCUT2D eigenvalue weighted by Crippen LogP contribution is -2.17. The van der Waals surface area contributed by atoms with Gasteiger partial charge in [0.05, 0.1) is 19.3 Å². The summed E-state index contributed by atoms with van der Waals surface area (Å²) in [6.07, 6.45) is 1.77. The molecule has 0 spiro atoms. The summed E-state index contributed by atoms with van der Waals surface area (Å²) < 4.78 is 5.12. The predicted molar refractivity (Wildman–Crippen MR) is 44.4 cm³/mol.